The average Bonchev–Trinajstić information content (AvgIpc) is 2.75. The number of hydrogen-bond donors (Lipinski definition) is 1. The second-order valence-corrected chi connectivity index (χ2v) is 9.92. The van der Waals surface area contributed by atoms with Gasteiger partial charge in [-0.1, -0.05) is 11.6 Å². The van der Waals surface area contributed by atoms with Crippen molar-refractivity contribution in [2.24, 2.45) is 0 Å². The molecule has 1 aliphatic heterocycles. The summed E-state index contributed by atoms with van der Waals surface area (Å²) in [6.45, 7) is 0.771. The molecule has 0 amide bonds. The van der Waals surface area contributed by atoms with Gasteiger partial charge >= 0.3 is 0 Å². The molecule has 1 aromatic rings. The van der Waals surface area contributed by atoms with E-state index in [4.69, 9.17) is 16.3 Å². The smallest absolute Gasteiger partial charge is 0.183 e. The molecule has 9 heteroatoms. The Hall–Kier alpha value is -0.670. The summed E-state index contributed by atoms with van der Waals surface area (Å²) in [6, 6.07) is 5.11. The van der Waals surface area contributed by atoms with Crippen LogP contribution in [-0.4, -0.2) is 59.9 Å². The third-order valence-corrected chi connectivity index (χ3v) is 7.97. The number of ether oxygens (including phenoxy) is 1. The zero-order valence-corrected chi connectivity index (χ0v) is 14.4. The molecule has 0 radical (unpaired) electrons. The van der Waals surface area contributed by atoms with Gasteiger partial charge in [-0.2, -0.15) is 0 Å². The zero-order chi connectivity index (χ0) is 16.4. The minimum absolute atomic E-state index is 0.0811. The molecule has 0 aromatic heterocycles. The molecule has 22 heavy (non-hydrogen) atoms. The summed E-state index contributed by atoms with van der Waals surface area (Å²) in [5.41, 5.74) is 0. The first-order valence-electron chi connectivity index (χ1n) is 6.68. The van der Waals surface area contributed by atoms with E-state index in [1.807, 2.05) is 0 Å². The maximum atomic E-state index is 12.7. The molecule has 6 nitrogen and oxygen atoms in total. The second-order valence-electron chi connectivity index (χ2n) is 5.17. The summed E-state index contributed by atoms with van der Waals surface area (Å²) < 4.78 is 54.0. The van der Waals surface area contributed by atoms with E-state index in [0.717, 1.165) is 0 Å². The summed E-state index contributed by atoms with van der Waals surface area (Å²) >= 11 is 5.76. The number of halogens is 1. The normalized spacial score (nSPS) is 24.5. The lowest BCUT2D eigenvalue weighted by Gasteiger charge is -2.19. The van der Waals surface area contributed by atoms with Crippen molar-refractivity contribution in [1.82, 2.24) is 5.32 Å². The van der Waals surface area contributed by atoms with Crippen LogP contribution >= 0.6 is 11.6 Å². The monoisotopic (exact) mass is 367 g/mol. The van der Waals surface area contributed by atoms with E-state index in [-0.39, 0.29) is 16.4 Å². The highest BCUT2D eigenvalue weighted by Crippen LogP contribution is 2.26. The molecule has 0 unspecified atom stereocenters. The van der Waals surface area contributed by atoms with E-state index in [0.29, 0.717) is 18.2 Å². The van der Waals surface area contributed by atoms with E-state index >= 15 is 0 Å². The lowest BCUT2D eigenvalue weighted by Crippen LogP contribution is -2.44. The summed E-state index contributed by atoms with van der Waals surface area (Å²) in [6.07, 6.45) is 0. The van der Waals surface area contributed by atoms with Crippen LogP contribution < -0.4 is 5.32 Å². The summed E-state index contributed by atoms with van der Waals surface area (Å²) in [5.74, 6) is -0.559. The minimum Gasteiger partial charge on any atom is -0.383 e. The maximum Gasteiger partial charge on any atom is 0.183 e. The molecule has 1 heterocycles. The quantitative estimate of drug-likeness (QED) is 0.737. The third-order valence-electron chi connectivity index (χ3n) is 3.55. The highest BCUT2D eigenvalue weighted by molar-refractivity contribution is 7.96. The number of hydrogen-bond acceptors (Lipinski definition) is 6. The molecule has 1 aromatic carbocycles. The molecule has 0 aliphatic carbocycles. The molecule has 0 spiro atoms. The fraction of sp³-hybridized carbons (Fsp3) is 0.538. The molecular formula is C13H18ClNO5S2. The van der Waals surface area contributed by atoms with Crippen molar-refractivity contribution in [2.75, 3.05) is 31.8 Å². The van der Waals surface area contributed by atoms with Crippen LogP contribution in [0.15, 0.2) is 29.2 Å². The van der Waals surface area contributed by atoms with E-state index in [2.05, 4.69) is 5.32 Å². The van der Waals surface area contributed by atoms with Crippen LogP contribution in [0.4, 0.5) is 0 Å². The Balaban J connectivity index is 2.28. The number of nitrogens with one attached hydrogen (secondary N) is 1. The first-order valence-corrected chi connectivity index (χ1v) is 10.4. The van der Waals surface area contributed by atoms with Crippen LogP contribution in [0.1, 0.15) is 0 Å². The van der Waals surface area contributed by atoms with Gasteiger partial charge in [-0.25, -0.2) is 16.8 Å². The molecular weight excluding hydrogens is 350 g/mol. The fourth-order valence-corrected chi connectivity index (χ4v) is 7.30. The number of benzene rings is 1. The van der Waals surface area contributed by atoms with E-state index in [1.165, 1.54) is 31.4 Å². The molecule has 0 saturated carbocycles. The molecule has 1 aliphatic rings. The lowest BCUT2D eigenvalue weighted by atomic mass is 10.2. The van der Waals surface area contributed by atoms with Crippen molar-refractivity contribution in [2.45, 2.75) is 16.2 Å². The van der Waals surface area contributed by atoms with Crippen LogP contribution in [-0.2, 0) is 24.4 Å². The predicted octanol–water partition coefficient (Wildman–Crippen LogP) is 0.515. The van der Waals surface area contributed by atoms with E-state index < -0.39 is 31.0 Å². The van der Waals surface area contributed by atoms with Gasteiger partial charge < -0.3 is 10.1 Å². The summed E-state index contributed by atoms with van der Waals surface area (Å²) in [4.78, 5) is 0.0811. The van der Waals surface area contributed by atoms with Crippen LogP contribution in [0.25, 0.3) is 0 Å². The average molecular weight is 368 g/mol. The Labute approximate surface area is 135 Å². The standard InChI is InChI=1S/C13H18ClNO5S2/c1-20-7-6-15-12-8-21(16,17)9-13(12)22(18,19)11-4-2-10(14)3-5-11/h2-5,12-13,15H,6-9H2,1H3/t12-,13-/m0/s1. The van der Waals surface area contributed by atoms with Crippen molar-refractivity contribution in [3.8, 4) is 0 Å². The highest BCUT2D eigenvalue weighted by atomic mass is 35.5. The SMILES string of the molecule is COCCN[C@H]1CS(=O)(=O)C[C@@H]1S(=O)(=O)c1ccc(Cl)cc1. The van der Waals surface area contributed by atoms with Crippen LogP contribution in [0, 0.1) is 0 Å². The Morgan fingerprint density at radius 1 is 1.27 bits per heavy atom. The molecule has 124 valence electrons. The van der Waals surface area contributed by atoms with Crippen molar-refractivity contribution < 1.29 is 21.6 Å². The van der Waals surface area contributed by atoms with E-state index in [1.54, 1.807) is 0 Å². The van der Waals surface area contributed by atoms with Crippen molar-refractivity contribution in [1.29, 1.82) is 0 Å². The van der Waals surface area contributed by atoms with Crippen molar-refractivity contribution in [3.63, 3.8) is 0 Å². The first kappa shape index (κ1) is 17.7. The second kappa shape index (κ2) is 6.84. The first-order chi connectivity index (χ1) is 10.3. The molecule has 2 atom stereocenters. The van der Waals surface area contributed by atoms with Gasteiger partial charge in [-0.05, 0) is 24.3 Å². The lowest BCUT2D eigenvalue weighted by molar-refractivity contribution is 0.196. The Bertz CT molecular complexity index is 715. The number of methoxy groups -OCH3 is 1. The summed E-state index contributed by atoms with van der Waals surface area (Å²) in [7, 11) is -5.62. The highest BCUT2D eigenvalue weighted by Gasteiger charge is 2.45. The van der Waals surface area contributed by atoms with Gasteiger partial charge in [-0.3, -0.25) is 0 Å². The van der Waals surface area contributed by atoms with Gasteiger partial charge in [0.05, 0.1) is 28.3 Å². The Morgan fingerprint density at radius 2 is 1.91 bits per heavy atom. The van der Waals surface area contributed by atoms with Crippen LogP contribution in [0.3, 0.4) is 0 Å². The van der Waals surface area contributed by atoms with Crippen molar-refractivity contribution >= 4 is 31.3 Å². The number of rotatable bonds is 6. The van der Waals surface area contributed by atoms with Gasteiger partial charge in [0, 0.05) is 24.7 Å². The molecule has 0 bridgehead atoms. The summed E-state index contributed by atoms with van der Waals surface area (Å²) in [5, 5.41) is 2.39. The van der Waals surface area contributed by atoms with Gasteiger partial charge in [0.1, 0.15) is 0 Å². The van der Waals surface area contributed by atoms with Crippen LogP contribution in [0.5, 0.6) is 0 Å². The molecule has 1 fully saturated rings. The zero-order valence-electron chi connectivity index (χ0n) is 12.0. The van der Waals surface area contributed by atoms with Gasteiger partial charge in [-0.15, -0.1) is 0 Å². The third kappa shape index (κ3) is 3.99. The molecule has 2 rings (SSSR count). The van der Waals surface area contributed by atoms with E-state index in [9.17, 15) is 16.8 Å². The molecule has 1 saturated heterocycles. The number of sulfone groups is 2. The Kier molecular flexibility index (Phi) is 5.50. The van der Waals surface area contributed by atoms with Crippen molar-refractivity contribution in [3.05, 3.63) is 29.3 Å². The topological polar surface area (TPSA) is 89.5 Å². The fourth-order valence-electron chi connectivity index (χ4n) is 2.46. The van der Waals surface area contributed by atoms with Gasteiger partial charge in [0.15, 0.2) is 19.7 Å². The van der Waals surface area contributed by atoms with Gasteiger partial charge in [0.2, 0.25) is 0 Å². The maximum absolute atomic E-state index is 12.7. The molecule has 1 N–H and O–H groups in total. The minimum atomic E-state index is -3.75. The Morgan fingerprint density at radius 3 is 2.50 bits per heavy atom. The van der Waals surface area contributed by atoms with Gasteiger partial charge in [0.25, 0.3) is 0 Å². The van der Waals surface area contributed by atoms with Crippen LogP contribution in [0.2, 0.25) is 5.02 Å². The predicted molar refractivity (Wildman–Crippen MR) is 84.7 cm³/mol. The largest absolute Gasteiger partial charge is 0.383 e.